The Bertz CT molecular complexity index is 253. The molecule has 0 saturated carbocycles. The topological polar surface area (TPSA) is 46.5 Å². The summed E-state index contributed by atoms with van der Waals surface area (Å²) >= 11 is 0. The van der Waals surface area contributed by atoms with Gasteiger partial charge in [0, 0.05) is 5.41 Å². The molecule has 14 heavy (non-hydrogen) atoms. The Hall–Kier alpha value is -0.830. The van der Waals surface area contributed by atoms with Crippen LogP contribution >= 0.6 is 0 Å². The van der Waals surface area contributed by atoms with E-state index in [2.05, 4.69) is 0 Å². The van der Waals surface area contributed by atoms with E-state index in [4.69, 9.17) is 4.74 Å². The lowest BCUT2D eigenvalue weighted by Gasteiger charge is -2.30. The van der Waals surface area contributed by atoms with Crippen molar-refractivity contribution in [3.8, 4) is 0 Å². The largest absolute Gasteiger partial charge is 0.457 e. The van der Waals surface area contributed by atoms with Gasteiger partial charge >= 0.3 is 5.97 Å². The quantitative estimate of drug-likeness (QED) is 0.540. The van der Waals surface area contributed by atoms with Crippen LogP contribution in [0.25, 0.3) is 0 Å². The highest BCUT2D eigenvalue weighted by molar-refractivity contribution is 5.72. The first-order valence-corrected chi connectivity index (χ1v) is 4.92. The SMILES string of the molecule is CC(C)C(=O)O[C@H]1C=C[C@@H](O)C1(C)C. The molecule has 0 aromatic rings. The summed E-state index contributed by atoms with van der Waals surface area (Å²) in [7, 11) is 0. The highest BCUT2D eigenvalue weighted by Crippen LogP contribution is 2.35. The van der Waals surface area contributed by atoms with E-state index < -0.39 is 11.5 Å². The van der Waals surface area contributed by atoms with Crippen LogP contribution in [0, 0.1) is 11.3 Å². The molecule has 0 aromatic carbocycles. The third kappa shape index (κ3) is 1.98. The maximum absolute atomic E-state index is 11.4. The van der Waals surface area contributed by atoms with Crippen molar-refractivity contribution in [3.05, 3.63) is 12.2 Å². The number of esters is 1. The zero-order chi connectivity index (χ0) is 10.9. The summed E-state index contributed by atoms with van der Waals surface area (Å²) in [6, 6.07) is 0. The smallest absolute Gasteiger partial charge is 0.308 e. The number of carbonyl (C=O) groups is 1. The van der Waals surface area contributed by atoms with Gasteiger partial charge in [-0.2, -0.15) is 0 Å². The predicted molar refractivity (Wildman–Crippen MR) is 53.6 cm³/mol. The molecule has 1 aliphatic carbocycles. The summed E-state index contributed by atoms with van der Waals surface area (Å²) in [5.74, 6) is -0.348. The first-order valence-electron chi connectivity index (χ1n) is 4.92. The van der Waals surface area contributed by atoms with Crippen molar-refractivity contribution in [3.63, 3.8) is 0 Å². The Morgan fingerprint density at radius 1 is 1.43 bits per heavy atom. The van der Waals surface area contributed by atoms with Crippen molar-refractivity contribution < 1.29 is 14.6 Å². The van der Waals surface area contributed by atoms with Crippen molar-refractivity contribution in [1.29, 1.82) is 0 Å². The minimum Gasteiger partial charge on any atom is -0.457 e. The third-order valence-corrected chi connectivity index (χ3v) is 2.68. The number of hydrogen-bond donors (Lipinski definition) is 1. The van der Waals surface area contributed by atoms with Gasteiger partial charge in [0.15, 0.2) is 0 Å². The second-order valence-corrected chi connectivity index (χ2v) is 4.66. The monoisotopic (exact) mass is 198 g/mol. The lowest BCUT2D eigenvalue weighted by molar-refractivity contribution is -0.156. The fraction of sp³-hybridized carbons (Fsp3) is 0.727. The van der Waals surface area contributed by atoms with Gasteiger partial charge in [-0.1, -0.05) is 33.8 Å². The van der Waals surface area contributed by atoms with Gasteiger partial charge in [0.1, 0.15) is 6.10 Å². The Morgan fingerprint density at radius 2 is 2.00 bits per heavy atom. The van der Waals surface area contributed by atoms with Crippen LogP contribution in [-0.4, -0.2) is 23.3 Å². The Kier molecular flexibility index (Phi) is 3.00. The van der Waals surface area contributed by atoms with E-state index >= 15 is 0 Å². The van der Waals surface area contributed by atoms with Crippen molar-refractivity contribution in [2.75, 3.05) is 0 Å². The molecule has 1 N–H and O–H groups in total. The van der Waals surface area contributed by atoms with Crippen LogP contribution in [0.2, 0.25) is 0 Å². The first kappa shape index (κ1) is 11.2. The number of rotatable bonds is 2. The van der Waals surface area contributed by atoms with Crippen LogP contribution in [0.4, 0.5) is 0 Å². The average Bonchev–Trinajstić information content (AvgIpc) is 2.31. The maximum atomic E-state index is 11.4. The lowest BCUT2D eigenvalue weighted by atomic mass is 9.86. The summed E-state index contributed by atoms with van der Waals surface area (Å²) in [6.07, 6.45) is 2.59. The minimum absolute atomic E-state index is 0.128. The fourth-order valence-electron chi connectivity index (χ4n) is 1.32. The van der Waals surface area contributed by atoms with Crippen LogP contribution in [0.3, 0.4) is 0 Å². The second-order valence-electron chi connectivity index (χ2n) is 4.66. The minimum atomic E-state index is -0.535. The van der Waals surface area contributed by atoms with Crippen LogP contribution < -0.4 is 0 Å². The van der Waals surface area contributed by atoms with E-state index in [9.17, 15) is 9.90 Å². The van der Waals surface area contributed by atoms with Gasteiger partial charge < -0.3 is 9.84 Å². The maximum Gasteiger partial charge on any atom is 0.308 e. The molecule has 2 atom stereocenters. The van der Waals surface area contributed by atoms with Crippen LogP contribution in [-0.2, 0) is 9.53 Å². The van der Waals surface area contributed by atoms with Gasteiger partial charge in [-0.05, 0) is 6.08 Å². The first-order chi connectivity index (χ1) is 6.35. The van der Waals surface area contributed by atoms with E-state index in [-0.39, 0.29) is 18.0 Å². The number of aliphatic hydroxyl groups excluding tert-OH is 1. The van der Waals surface area contributed by atoms with Gasteiger partial charge in [-0.25, -0.2) is 0 Å². The van der Waals surface area contributed by atoms with Crippen molar-refractivity contribution in [1.82, 2.24) is 0 Å². The second kappa shape index (κ2) is 3.73. The van der Waals surface area contributed by atoms with Gasteiger partial charge in [0.25, 0.3) is 0 Å². The summed E-state index contributed by atoms with van der Waals surface area (Å²) in [6.45, 7) is 7.36. The molecule has 1 aliphatic rings. The molecule has 1 rings (SSSR count). The Balaban J connectivity index is 2.63. The molecule has 0 saturated heterocycles. The fourth-order valence-corrected chi connectivity index (χ4v) is 1.32. The summed E-state index contributed by atoms with van der Waals surface area (Å²) in [5.41, 5.74) is -0.412. The molecule has 0 radical (unpaired) electrons. The highest BCUT2D eigenvalue weighted by atomic mass is 16.5. The van der Waals surface area contributed by atoms with E-state index in [1.807, 2.05) is 13.8 Å². The van der Waals surface area contributed by atoms with Gasteiger partial charge in [0.05, 0.1) is 12.0 Å². The summed E-state index contributed by atoms with van der Waals surface area (Å²) in [5, 5.41) is 9.60. The molecule has 3 nitrogen and oxygen atoms in total. The lowest BCUT2D eigenvalue weighted by Crippen LogP contribution is -2.37. The van der Waals surface area contributed by atoms with Gasteiger partial charge in [0.2, 0.25) is 0 Å². The highest BCUT2D eigenvalue weighted by Gasteiger charge is 2.40. The standard InChI is InChI=1S/C11H18O3/c1-7(2)10(13)14-9-6-5-8(12)11(9,3)4/h5-9,12H,1-4H3/t8-,9+/m1/s1. The zero-order valence-electron chi connectivity index (χ0n) is 9.15. The molecule has 0 fully saturated rings. The molecule has 0 spiro atoms. The average molecular weight is 198 g/mol. The van der Waals surface area contributed by atoms with Gasteiger partial charge in [-0.15, -0.1) is 0 Å². The van der Waals surface area contributed by atoms with Crippen LogP contribution in [0.15, 0.2) is 12.2 Å². The van der Waals surface area contributed by atoms with E-state index in [1.54, 1.807) is 26.0 Å². The molecule has 0 bridgehead atoms. The van der Waals surface area contributed by atoms with Crippen LogP contribution in [0.5, 0.6) is 0 Å². The molecular weight excluding hydrogens is 180 g/mol. The van der Waals surface area contributed by atoms with Crippen molar-refractivity contribution in [2.24, 2.45) is 11.3 Å². The molecule has 0 amide bonds. The van der Waals surface area contributed by atoms with E-state index in [0.29, 0.717) is 0 Å². The molecule has 0 aromatic heterocycles. The van der Waals surface area contributed by atoms with E-state index in [1.165, 1.54) is 0 Å². The summed E-state index contributed by atoms with van der Waals surface area (Å²) < 4.78 is 5.27. The summed E-state index contributed by atoms with van der Waals surface area (Å²) in [4.78, 5) is 11.4. The third-order valence-electron chi connectivity index (χ3n) is 2.68. The number of carbonyl (C=O) groups excluding carboxylic acids is 1. The number of ether oxygens (including phenoxy) is 1. The van der Waals surface area contributed by atoms with Gasteiger partial charge in [-0.3, -0.25) is 4.79 Å². The van der Waals surface area contributed by atoms with Crippen molar-refractivity contribution >= 4 is 5.97 Å². The van der Waals surface area contributed by atoms with Crippen LogP contribution in [0.1, 0.15) is 27.7 Å². The molecule has 0 heterocycles. The predicted octanol–water partition coefficient (Wildman–Crippen LogP) is 1.51. The normalized spacial score (nSPS) is 29.6. The number of hydrogen-bond acceptors (Lipinski definition) is 3. The van der Waals surface area contributed by atoms with Crippen molar-refractivity contribution in [2.45, 2.75) is 39.9 Å². The number of aliphatic hydroxyl groups is 1. The molecule has 0 aliphatic heterocycles. The zero-order valence-corrected chi connectivity index (χ0v) is 9.15. The molecule has 0 unspecified atom stereocenters. The van der Waals surface area contributed by atoms with E-state index in [0.717, 1.165) is 0 Å². The molecule has 3 heteroatoms. The molecule has 80 valence electrons. The molecular formula is C11H18O3. The Morgan fingerprint density at radius 3 is 2.36 bits per heavy atom. The Labute approximate surface area is 84.8 Å².